The second-order valence-electron chi connectivity index (χ2n) is 5.45. The summed E-state index contributed by atoms with van der Waals surface area (Å²) in [6, 6.07) is 10.3. The van der Waals surface area contributed by atoms with E-state index in [1.807, 2.05) is 13.0 Å². The Hall–Kier alpha value is -2.25. The highest BCUT2D eigenvalue weighted by Gasteiger charge is 2.12. The van der Waals surface area contributed by atoms with Crippen LogP contribution in [0.5, 0.6) is 0 Å². The van der Waals surface area contributed by atoms with E-state index in [9.17, 15) is 13.2 Å². The Kier molecular flexibility index (Phi) is 6.45. The van der Waals surface area contributed by atoms with Crippen LogP contribution in [0.4, 0.5) is 0 Å². The van der Waals surface area contributed by atoms with Crippen LogP contribution >= 0.6 is 0 Å². The Balaban J connectivity index is 1.70. The quantitative estimate of drug-likeness (QED) is 0.712. The number of aromatic nitrogens is 1. The van der Waals surface area contributed by atoms with E-state index in [4.69, 9.17) is 0 Å². The highest BCUT2D eigenvalue weighted by molar-refractivity contribution is 7.89. The molecule has 6 nitrogen and oxygen atoms in total. The normalized spacial score (nSPS) is 11.2. The molecule has 0 saturated carbocycles. The summed E-state index contributed by atoms with van der Waals surface area (Å²) >= 11 is 0. The number of amides is 1. The van der Waals surface area contributed by atoms with Crippen molar-refractivity contribution in [3.05, 3.63) is 59.9 Å². The second-order valence-corrected chi connectivity index (χ2v) is 7.22. The second kappa shape index (κ2) is 8.56. The number of nitrogens with zero attached hydrogens (tertiary/aromatic N) is 1. The molecule has 2 rings (SSSR count). The Morgan fingerprint density at radius 1 is 1.17 bits per heavy atom. The van der Waals surface area contributed by atoms with Crippen molar-refractivity contribution < 1.29 is 13.2 Å². The van der Waals surface area contributed by atoms with E-state index < -0.39 is 10.0 Å². The summed E-state index contributed by atoms with van der Waals surface area (Å²) in [6.07, 6.45) is 4.06. The zero-order chi connectivity index (χ0) is 17.4. The molecular formula is C17H21N3O3S. The number of hydrogen-bond acceptors (Lipinski definition) is 4. The summed E-state index contributed by atoms with van der Waals surface area (Å²) in [7, 11) is -3.52. The van der Waals surface area contributed by atoms with Crippen LogP contribution in [0, 0.1) is 6.92 Å². The molecule has 128 valence electrons. The fraction of sp³-hybridized carbons (Fsp3) is 0.294. The third-order valence-corrected chi connectivity index (χ3v) is 4.89. The van der Waals surface area contributed by atoms with Crippen LogP contribution in [0.1, 0.15) is 24.0 Å². The van der Waals surface area contributed by atoms with E-state index in [0.29, 0.717) is 13.0 Å². The van der Waals surface area contributed by atoms with E-state index in [-0.39, 0.29) is 23.8 Å². The number of carbonyl (C=O) groups excluding carboxylic acids is 1. The van der Waals surface area contributed by atoms with Crippen molar-refractivity contribution in [2.45, 2.75) is 31.2 Å². The van der Waals surface area contributed by atoms with E-state index >= 15 is 0 Å². The molecule has 0 aliphatic carbocycles. The SMILES string of the molecule is Cc1ccc(S(=O)(=O)NCCCC(=O)NCc2cccnc2)cc1. The van der Waals surface area contributed by atoms with E-state index in [0.717, 1.165) is 11.1 Å². The fourth-order valence-corrected chi connectivity index (χ4v) is 3.12. The largest absolute Gasteiger partial charge is 0.352 e. The minimum atomic E-state index is -3.52. The van der Waals surface area contributed by atoms with Gasteiger partial charge in [0.05, 0.1) is 4.90 Å². The molecule has 1 aromatic heterocycles. The summed E-state index contributed by atoms with van der Waals surface area (Å²) in [5, 5.41) is 2.78. The maximum absolute atomic E-state index is 12.1. The minimum absolute atomic E-state index is 0.117. The molecule has 24 heavy (non-hydrogen) atoms. The van der Waals surface area contributed by atoms with Gasteiger partial charge in [-0.2, -0.15) is 0 Å². The number of nitrogens with one attached hydrogen (secondary N) is 2. The van der Waals surface area contributed by atoms with Crippen LogP contribution < -0.4 is 10.0 Å². The van der Waals surface area contributed by atoms with Gasteiger partial charge in [0.1, 0.15) is 0 Å². The molecular weight excluding hydrogens is 326 g/mol. The molecule has 7 heteroatoms. The molecule has 1 heterocycles. The highest BCUT2D eigenvalue weighted by atomic mass is 32.2. The van der Waals surface area contributed by atoms with Crippen molar-refractivity contribution in [3.8, 4) is 0 Å². The molecule has 0 aliphatic rings. The number of aryl methyl sites for hydroxylation is 1. The summed E-state index contributed by atoms with van der Waals surface area (Å²) < 4.78 is 26.7. The molecule has 0 fully saturated rings. The van der Waals surface area contributed by atoms with Gasteiger partial charge in [0.15, 0.2) is 0 Å². The zero-order valence-corrected chi connectivity index (χ0v) is 14.3. The Morgan fingerprint density at radius 3 is 2.58 bits per heavy atom. The predicted octanol–water partition coefficient (Wildman–Crippen LogP) is 1.76. The predicted molar refractivity (Wildman–Crippen MR) is 91.7 cm³/mol. The van der Waals surface area contributed by atoms with Crippen LogP contribution in [0.3, 0.4) is 0 Å². The van der Waals surface area contributed by atoms with E-state index in [1.165, 1.54) is 0 Å². The van der Waals surface area contributed by atoms with Crippen molar-refractivity contribution in [2.24, 2.45) is 0 Å². The lowest BCUT2D eigenvalue weighted by Crippen LogP contribution is -2.27. The molecule has 0 aliphatic heterocycles. The number of carbonyl (C=O) groups is 1. The van der Waals surface area contributed by atoms with Crippen LogP contribution in [0.2, 0.25) is 0 Å². The first kappa shape index (κ1) is 18.1. The molecule has 0 unspecified atom stereocenters. The minimum Gasteiger partial charge on any atom is -0.352 e. The third-order valence-electron chi connectivity index (χ3n) is 3.42. The van der Waals surface area contributed by atoms with Crippen molar-refractivity contribution in [3.63, 3.8) is 0 Å². The van der Waals surface area contributed by atoms with Gasteiger partial charge in [-0.05, 0) is 37.1 Å². The summed E-state index contributed by atoms with van der Waals surface area (Å²) in [6.45, 7) is 2.53. The van der Waals surface area contributed by atoms with Crippen molar-refractivity contribution >= 4 is 15.9 Å². The monoisotopic (exact) mass is 347 g/mol. The average molecular weight is 347 g/mol. The molecule has 1 aromatic carbocycles. The van der Waals surface area contributed by atoms with Crippen LogP contribution in [-0.4, -0.2) is 25.9 Å². The number of rotatable bonds is 8. The standard InChI is InChI=1S/C17H21N3O3S/c1-14-6-8-16(9-7-14)24(22,23)20-11-3-5-17(21)19-13-15-4-2-10-18-12-15/h2,4,6-10,12,20H,3,5,11,13H2,1H3,(H,19,21). The Labute approximate surface area is 142 Å². The lowest BCUT2D eigenvalue weighted by molar-refractivity contribution is -0.121. The summed E-state index contributed by atoms with van der Waals surface area (Å²) in [5.74, 6) is -0.117. The van der Waals surface area contributed by atoms with Crippen molar-refractivity contribution in [1.82, 2.24) is 15.0 Å². The summed E-state index contributed by atoms with van der Waals surface area (Å²) in [4.78, 5) is 15.9. The third kappa shape index (κ3) is 5.75. The highest BCUT2D eigenvalue weighted by Crippen LogP contribution is 2.09. The first-order valence-corrected chi connectivity index (χ1v) is 9.17. The first-order valence-electron chi connectivity index (χ1n) is 7.69. The number of benzene rings is 1. The van der Waals surface area contributed by atoms with Gasteiger partial charge in [-0.3, -0.25) is 9.78 Å². The zero-order valence-electron chi connectivity index (χ0n) is 13.5. The molecule has 2 aromatic rings. The average Bonchev–Trinajstić information content (AvgIpc) is 2.58. The molecule has 0 bridgehead atoms. The van der Waals surface area contributed by atoms with Gasteiger partial charge < -0.3 is 5.32 Å². The smallest absolute Gasteiger partial charge is 0.240 e. The summed E-state index contributed by atoms with van der Waals surface area (Å²) in [5.41, 5.74) is 1.92. The molecule has 0 atom stereocenters. The number of pyridine rings is 1. The molecule has 1 amide bonds. The topological polar surface area (TPSA) is 88.2 Å². The van der Waals surface area contributed by atoms with Gasteiger partial charge in [0, 0.05) is 31.9 Å². The van der Waals surface area contributed by atoms with Gasteiger partial charge in [-0.1, -0.05) is 23.8 Å². The van der Waals surface area contributed by atoms with Crippen molar-refractivity contribution in [1.29, 1.82) is 0 Å². The lowest BCUT2D eigenvalue weighted by atomic mass is 10.2. The van der Waals surface area contributed by atoms with Gasteiger partial charge in [-0.25, -0.2) is 13.1 Å². The lowest BCUT2D eigenvalue weighted by Gasteiger charge is -2.08. The van der Waals surface area contributed by atoms with Gasteiger partial charge in [-0.15, -0.1) is 0 Å². The van der Waals surface area contributed by atoms with Crippen LogP contribution in [0.15, 0.2) is 53.7 Å². The Morgan fingerprint density at radius 2 is 1.92 bits per heavy atom. The van der Waals surface area contributed by atoms with Crippen LogP contribution in [-0.2, 0) is 21.4 Å². The first-order chi connectivity index (χ1) is 11.5. The number of hydrogen-bond donors (Lipinski definition) is 2. The van der Waals surface area contributed by atoms with Crippen molar-refractivity contribution in [2.75, 3.05) is 6.54 Å². The van der Waals surface area contributed by atoms with E-state index in [1.54, 1.807) is 42.7 Å². The van der Waals surface area contributed by atoms with Gasteiger partial charge in [0.2, 0.25) is 15.9 Å². The van der Waals surface area contributed by atoms with Gasteiger partial charge in [0.25, 0.3) is 0 Å². The van der Waals surface area contributed by atoms with Gasteiger partial charge >= 0.3 is 0 Å². The Bertz CT molecular complexity index is 759. The fourth-order valence-electron chi connectivity index (χ4n) is 2.05. The maximum Gasteiger partial charge on any atom is 0.240 e. The van der Waals surface area contributed by atoms with Crippen LogP contribution in [0.25, 0.3) is 0 Å². The molecule has 2 N–H and O–H groups in total. The number of sulfonamides is 1. The maximum atomic E-state index is 12.1. The molecule has 0 saturated heterocycles. The van der Waals surface area contributed by atoms with E-state index in [2.05, 4.69) is 15.0 Å². The molecule has 0 spiro atoms. The molecule has 0 radical (unpaired) electrons.